The van der Waals surface area contributed by atoms with Crippen molar-refractivity contribution in [2.75, 3.05) is 19.8 Å². The highest BCUT2D eigenvalue weighted by Crippen LogP contribution is 2.35. The second-order valence-electron chi connectivity index (χ2n) is 7.83. The Morgan fingerprint density at radius 3 is 2.58 bits per heavy atom. The van der Waals surface area contributed by atoms with Crippen LogP contribution in [0.15, 0.2) is 69.6 Å². The fraction of sp³-hybridized carbons (Fsp3) is 0.250. The van der Waals surface area contributed by atoms with Gasteiger partial charge in [0.1, 0.15) is 24.1 Å². The van der Waals surface area contributed by atoms with E-state index in [1.807, 2.05) is 43.3 Å². The lowest BCUT2D eigenvalue weighted by atomic mass is 9.95. The summed E-state index contributed by atoms with van der Waals surface area (Å²) in [6.07, 6.45) is 7.04. The van der Waals surface area contributed by atoms with Gasteiger partial charge in [0.2, 0.25) is 0 Å². The third-order valence-electron chi connectivity index (χ3n) is 5.53. The summed E-state index contributed by atoms with van der Waals surface area (Å²) in [5, 5.41) is 0. The Bertz CT molecular complexity index is 1520. The lowest BCUT2D eigenvalue weighted by molar-refractivity contribution is -0.139. The topological polar surface area (TPSA) is 79.1 Å². The van der Waals surface area contributed by atoms with Crippen molar-refractivity contribution >= 4 is 23.4 Å². The molecule has 0 fully saturated rings. The van der Waals surface area contributed by atoms with Crippen molar-refractivity contribution in [1.29, 1.82) is 0 Å². The molecule has 3 aromatic rings. The van der Waals surface area contributed by atoms with Crippen molar-refractivity contribution < 1.29 is 19.0 Å². The maximum atomic E-state index is 13.7. The molecular weight excluding hydrogens is 476 g/mol. The van der Waals surface area contributed by atoms with Crippen LogP contribution in [0.1, 0.15) is 37.9 Å². The standard InChI is InChI=1S/C28H26N2O5S/c1-5-16-35-20-14-12-19(13-15-20)17-23-26(31)30-25(21-10-8-9-11-22(21)33-6-2)24(27(32)34-7-3)18(4)29-28(30)36-23/h1,8-15,17,25H,6-7,16H2,2-4H3. The van der Waals surface area contributed by atoms with Gasteiger partial charge in [0.25, 0.3) is 5.56 Å². The van der Waals surface area contributed by atoms with E-state index < -0.39 is 12.0 Å². The van der Waals surface area contributed by atoms with Crippen LogP contribution in [0.3, 0.4) is 0 Å². The molecule has 1 unspecified atom stereocenters. The molecule has 2 aromatic carbocycles. The van der Waals surface area contributed by atoms with Crippen LogP contribution in [0.2, 0.25) is 0 Å². The molecule has 4 rings (SSSR count). The van der Waals surface area contributed by atoms with E-state index in [1.54, 1.807) is 36.6 Å². The molecule has 0 saturated carbocycles. The number of hydrogen-bond acceptors (Lipinski definition) is 7. The van der Waals surface area contributed by atoms with Crippen LogP contribution in [0.25, 0.3) is 6.08 Å². The maximum Gasteiger partial charge on any atom is 0.338 e. The quantitative estimate of drug-likeness (QED) is 0.349. The summed E-state index contributed by atoms with van der Waals surface area (Å²) in [7, 11) is 0. The average Bonchev–Trinajstić information content (AvgIpc) is 3.17. The Hall–Kier alpha value is -4.09. The van der Waals surface area contributed by atoms with Crippen molar-refractivity contribution in [2.24, 2.45) is 4.99 Å². The summed E-state index contributed by atoms with van der Waals surface area (Å²) in [6, 6.07) is 14.0. The molecule has 1 aliphatic heterocycles. The van der Waals surface area contributed by atoms with Gasteiger partial charge < -0.3 is 14.2 Å². The number of terminal acetylenes is 1. The monoisotopic (exact) mass is 502 g/mol. The van der Waals surface area contributed by atoms with Gasteiger partial charge in [-0.25, -0.2) is 9.79 Å². The highest BCUT2D eigenvalue weighted by molar-refractivity contribution is 7.07. The van der Waals surface area contributed by atoms with Crippen LogP contribution in [0.4, 0.5) is 0 Å². The SMILES string of the molecule is C#CCOc1ccc(C=c2sc3n(c2=O)C(c2ccccc2OCC)C(C(=O)OCC)=C(C)N=3)cc1. The molecule has 36 heavy (non-hydrogen) atoms. The number of rotatable bonds is 8. The lowest BCUT2D eigenvalue weighted by Gasteiger charge is -2.26. The first-order chi connectivity index (χ1) is 17.5. The molecule has 0 N–H and O–H groups in total. The van der Waals surface area contributed by atoms with Gasteiger partial charge in [-0.15, -0.1) is 6.42 Å². The molecule has 1 atom stereocenters. The predicted molar refractivity (Wildman–Crippen MR) is 139 cm³/mol. The van der Waals surface area contributed by atoms with Crippen molar-refractivity contribution in [3.05, 3.63) is 90.6 Å². The number of para-hydroxylation sites is 1. The van der Waals surface area contributed by atoms with Gasteiger partial charge >= 0.3 is 5.97 Å². The number of carbonyl (C=O) groups excluding carboxylic acids is 1. The number of benzene rings is 2. The van der Waals surface area contributed by atoms with Crippen molar-refractivity contribution in [3.63, 3.8) is 0 Å². The summed E-state index contributed by atoms with van der Waals surface area (Å²) in [5.74, 6) is 3.16. The van der Waals surface area contributed by atoms with Crippen LogP contribution < -0.4 is 24.4 Å². The van der Waals surface area contributed by atoms with E-state index in [1.165, 1.54) is 11.3 Å². The third-order valence-corrected chi connectivity index (χ3v) is 6.51. The lowest BCUT2D eigenvalue weighted by Crippen LogP contribution is -2.40. The Morgan fingerprint density at radius 1 is 1.14 bits per heavy atom. The minimum Gasteiger partial charge on any atom is -0.494 e. The summed E-state index contributed by atoms with van der Waals surface area (Å²) in [4.78, 5) is 31.9. The Balaban J connectivity index is 1.88. The minimum atomic E-state index is -0.732. The van der Waals surface area contributed by atoms with Gasteiger partial charge in [-0.2, -0.15) is 0 Å². The Kier molecular flexibility index (Phi) is 7.71. The number of esters is 1. The van der Waals surface area contributed by atoms with E-state index in [4.69, 9.17) is 20.6 Å². The van der Waals surface area contributed by atoms with Crippen molar-refractivity contribution in [1.82, 2.24) is 4.57 Å². The molecule has 2 heterocycles. The van der Waals surface area contributed by atoms with E-state index in [0.29, 0.717) is 44.3 Å². The molecule has 7 nitrogen and oxygen atoms in total. The number of carbonyl (C=O) groups is 1. The average molecular weight is 503 g/mol. The van der Waals surface area contributed by atoms with Crippen LogP contribution in [0, 0.1) is 12.3 Å². The minimum absolute atomic E-state index is 0.184. The van der Waals surface area contributed by atoms with E-state index >= 15 is 0 Å². The molecule has 1 aliphatic rings. The highest BCUT2D eigenvalue weighted by Gasteiger charge is 2.35. The van der Waals surface area contributed by atoms with Gasteiger partial charge in [-0.05, 0) is 50.6 Å². The fourth-order valence-electron chi connectivity index (χ4n) is 4.02. The van der Waals surface area contributed by atoms with E-state index in [2.05, 4.69) is 10.9 Å². The summed E-state index contributed by atoms with van der Waals surface area (Å²) in [5.41, 5.74) is 2.09. The summed E-state index contributed by atoms with van der Waals surface area (Å²) in [6.45, 7) is 6.23. The smallest absolute Gasteiger partial charge is 0.338 e. The van der Waals surface area contributed by atoms with Gasteiger partial charge in [0.05, 0.1) is 29.0 Å². The maximum absolute atomic E-state index is 13.7. The van der Waals surface area contributed by atoms with Crippen molar-refractivity contribution in [3.8, 4) is 23.8 Å². The van der Waals surface area contributed by atoms with Gasteiger partial charge in [0.15, 0.2) is 4.80 Å². The molecular formula is C28H26N2O5S. The number of nitrogens with zero attached hydrogens (tertiary/aromatic N) is 2. The molecule has 0 bridgehead atoms. The van der Waals surface area contributed by atoms with Crippen LogP contribution >= 0.6 is 11.3 Å². The second kappa shape index (κ2) is 11.1. The van der Waals surface area contributed by atoms with Crippen LogP contribution in [-0.4, -0.2) is 30.4 Å². The Morgan fingerprint density at radius 2 is 1.89 bits per heavy atom. The Labute approximate surface area is 213 Å². The fourth-order valence-corrected chi connectivity index (χ4v) is 5.06. The number of thiazole rings is 1. The van der Waals surface area contributed by atoms with E-state index in [-0.39, 0.29) is 18.8 Å². The molecule has 1 aromatic heterocycles. The molecule has 0 radical (unpaired) electrons. The molecule has 0 saturated heterocycles. The van der Waals surface area contributed by atoms with E-state index in [9.17, 15) is 9.59 Å². The highest BCUT2D eigenvalue weighted by atomic mass is 32.1. The number of fused-ring (bicyclic) bond motifs is 1. The van der Waals surface area contributed by atoms with Gasteiger partial charge in [-0.1, -0.05) is 47.6 Å². The van der Waals surface area contributed by atoms with Gasteiger partial charge in [-0.3, -0.25) is 9.36 Å². The molecule has 8 heteroatoms. The molecule has 184 valence electrons. The third kappa shape index (κ3) is 4.97. The number of aromatic nitrogens is 1. The summed E-state index contributed by atoms with van der Waals surface area (Å²) < 4.78 is 18.7. The zero-order valence-corrected chi connectivity index (χ0v) is 21.1. The van der Waals surface area contributed by atoms with Gasteiger partial charge in [0, 0.05) is 5.56 Å². The van der Waals surface area contributed by atoms with Crippen molar-refractivity contribution in [2.45, 2.75) is 26.8 Å². The van der Waals surface area contributed by atoms with Crippen LogP contribution in [0.5, 0.6) is 11.5 Å². The summed E-state index contributed by atoms with van der Waals surface area (Å²) >= 11 is 1.27. The predicted octanol–water partition coefficient (Wildman–Crippen LogP) is 3.21. The molecule has 0 aliphatic carbocycles. The first-order valence-corrected chi connectivity index (χ1v) is 12.4. The number of ether oxygens (including phenoxy) is 3. The second-order valence-corrected chi connectivity index (χ2v) is 8.84. The normalized spacial score (nSPS) is 15.1. The van der Waals surface area contributed by atoms with Crippen LogP contribution in [-0.2, 0) is 9.53 Å². The first kappa shape index (κ1) is 25.0. The largest absolute Gasteiger partial charge is 0.494 e. The number of allylic oxidation sites excluding steroid dienone is 1. The van der Waals surface area contributed by atoms with E-state index in [0.717, 1.165) is 5.56 Å². The molecule has 0 amide bonds. The zero-order chi connectivity index (χ0) is 25.7. The zero-order valence-electron chi connectivity index (χ0n) is 20.3. The number of hydrogen-bond donors (Lipinski definition) is 0. The molecule has 0 spiro atoms. The first-order valence-electron chi connectivity index (χ1n) is 11.6.